The fraction of sp³-hybridized carbons (Fsp3) is 0.500. The Hall–Kier alpha value is -2.12. The maximum atomic E-state index is 6.23. The van der Waals surface area contributed by atoms with Gasteiger partial charge in [-0.2, -0.15) is 0 Å². The molecular weight excluding hydrogens is 356 g/mol. The van der Waals surface area contributed by atoms with Crippen LogP contribution < -0.4 is 10.6 Å². The minimum Gasteiger partial charge on any atom is -0.370 e. The average Bonchev–Trinajstić information content (AvgIpc) is 3.23. The lowest BCUT2D eigenvalue weighted by atomic mass is 10.1. The number of nitrogens with zero attached hydrogens (tertiary/aromatic N) is 5. The Labute approximate surface area is 166 Å². The van der Waals surface area contributed by atoms with Gasteiger partial charge in [0.25, 0.3) is 0 Å². The fourth-order valence-electron chi connectivity index (χ4n) is 3.21. The van der Waals surface area contributed by atoms with E-state index in [0.29, 0.717) is 12.0 Å². The van der Waals surface area contributed by atoms with E-state index >= 15 is 0 Å². The zero-order valence-electron chi connectivity index (χ0n) is 16.3. The number of aromatic nitrogens is 1. The third-order valence-electron chi connectivity index (χ3n) is 5.14. The second kappa shape index (κ2) is 9.71. The van der Waals surface area contributed by atoms with E-state index in [2.05, 4.69) is 69.0 Å². The third-order valence-corrected chi connectivity index (χ3v) is 5.97. The molecule has 7 heteroatoms. The van der Waals surface area contributed by atoms with Crippen molar-refractivity contribution in [3.05, 3.63) is 47.5 Å². The van der Waals surface area contributed by atoms with E-state index in [1.807, 2.05) is 11.6 Å². The second-order valence-electron chi connectivity index (χ2n) is 7.07. The molecule has 1 saturated heterocycles. The molecule has 1 aromatic heterocycles. The van der Waals surface area contributed by atoms with Crippen LogP contribution in [0.25, 0.3) is 0 Å². The Balaban J connectivity index is 1.40. The molecule has 1 unspecified atom stereocenters. The van der Waals surface area contributed by atoms with E-state index < -0.39 is 0 Å². The van der Waals surface area contributed by atoms with Crippen LogP contribution in [-0.4, -0.2) is 66.6 Å². The van der Waals surface area contributed by atoms with Crippen molar-refractivity contribution < 1.29 is 0 Å². The summed E-state index contributed by atoms with van der Waals surface area (Å²) in [6.45, 7) is 7.66. The summed E-state index contributed by atoms with van der Waals surface area (Å²) in [6.07, 6.45) is 2.86. The zero-order valence-corrected chi connectivity index (χ0v) is 17.1. The molecule has 0 aliphatic carbocycles. The molecule has 1 fully saturated rings. The first-order valence-corrected chi connectivity index (χ1v) is 10.4. The SMILES string of the molecule is CC(CCN=C(N)N1CCN(c2nccs2)CC1)N(C)Cc1ccccc1. The van der Waals surface area contributed by atoms with Crippen LogP contribution in [0.15, 0.2) is 46.9 Å². The number of hydrogen-bond donors (Lipinski definition) is 1. The first kappa shape index (κ1) is 19.6. The highest BCUT2D eigenvalue weighted by Gasteiger charge is 2.19. The highest BCUT2D eigenvalue weighted by atomic mass is 32.1. The smallest absolute Gasteiger partial charge is 0.191 e. The topological polar surface area (TPSA) is 61.0 Å². The minimum absolute atomic E-state index is 0.462. The highest BCUT2D eigenvalue weighted by Crippen LogP contribution is 2.18. The molecule has 0 amide bonds. The highest BCUT2D eigenvalue weighted by molar-refractivity contribution is 7.13. The molecule has 146 valence electrons. The number of guanidine groups is 1. The number of piperazine rings is 1. The number of rotatable bonds is 7. The molecule has 2 aromatic rings. The van der Waals surface area contributed by atoms with Crippen molar-refractivity contribution in [2.75, 3.05) is 44.7 Å². The van der Waals surface area contributed by atoms with Crippen LogP contribution >= 0.6 is 11.3 Å². The van der Waals surface area contributed by atoms with E-state index in [4.69, 9.17) is 5.73 Å². The van der Waals surface area contributed by atoms with E-state index in [-0.39, 0.29) is 0 Å². The molecule has 0 bridgehead atoms. The molecule has 2 heterocycles. The van der Waals surface area contributed by atoms with Crippen molar-refractivity contribution in [2.45, 2.75) is 25.9 Å². The van der Waals surface area contributed by atoms with Gasteiger partial charge in [-0.05, 0) is 26.0 Å². The monoisotopic (exact) mass is 386 g/mol. The Kier molecular flexibility index (Phi) is 7.06. The summed E-state index contributed by atoms with van der Waals surface area (Å²) < 4.78 is 0. The molecule has 0 spiro atoms. The molecule has 1 aromatic carbocycles. The minimum atomic E-state index is 0.462. The third kappa shape index (κ3) is 5.68. The van der Waals surface area contributed by atoms with Gasteiger partial charge in [0, 0.05) is 56.9 Å². The summed E-state index contributed by atoms with van der Waals surface area (Å²) in [5.74, 6) is 0.673. The van der Waals surface area contributed by atoms with Crippen LogP contribution in [0.5, 0.6) is 0 Å². The lowest BCUT2D eigenvalue weighted by molar-refractivity contribution is 0.240. The second-order valence-corrected chi connectivity index (χ2v) is 7.94. The lowest BCUT2D eigenvalue weighted by Gasteiger charge is -2.35. The predicted octanol–water partition coefficient (Wildman–Crippen LogP) is 2.49. The van der Waals surface area contributed by atoms with Gasteiger partial charge in [0.1, 0.15) is 0 Å². The maximum absolute atomic E-state index is 6.23. The van der Waals surface area contributed by atoms with Gasteiger partial charge >= 0.3 is 0 Å². The van der Waals surface area contributed by atoms with E-state index in [0.717, 1.165) is 50.8 Å². The number of nitrogens with two attached hydrogens (primary N) is 1. The Morgan fingerprint density at radius 3 is 2.67 bits per heavy atom. The van der Waals surface area contributed by atoms with Crippen LogP contribution in [0.4, 0.5) is 5.13 Å². The van der Waals surface area contributed by atoms with Gasteiger partial charge in [0.15, 0.2) is 11.1 Å². The number of anilines is 1. The van der Waals surface area contributed by atoms with Crippen molar-refractivity contribution in [1.82, 2.24) is 14.8 Å². The van der Waals surface area contributed by atoms with E-state index in [1.54, 1.807) is 11.3 Å². The van der Waals surface area contributed by atoms with Crippen LogP contribution in [0.2, 0.25) is 0 Å². The maximum Gasteiger partial charge on any atom is 0.191 e. The van der Waals surface area contributed by atoms with Crippen molar-refractivity contribution in [3.8, 4) is 0 Å². The van der Waals surface area contributed by atoms with Crippen LogP contribution in [-0.2, 0) is 6.54 Å². The van der Waals surface area contributed by atoms with Gasteiger partial charge in [-0.1, -0.05) is 30.3 Å². The van der Waals surface area contributed by atoms with Crippen molar-refractivity contribution in [2.24, 2.45) is 10.7 Å². The van der Waals surface area contributed by atoms with Crippen molar-refractivity contribution in [1.29, 1.82) is 0 Å². The number of benzene rings is 1. The van der Waals surface area contributed by atoms with Crippen LogP contribution in [0, 0.1) is 0 Å². The van der Waals surface area contributed by atoms with Gasteiger partial charge in [-0.15, -0.1) is 11.3 Å². The fourth-order valence-corrected chi connectivity index (χ4v) is 3.91. The quantitative estimate of drug-likeness (QED) is 0.585. The van der Waals surface area contributed by atoms with Gasteiger partial charge in [0.05, 0.1) is 0 Å². The molecule has 6 nitrogen and oxygen atoms in total. The Morgan fingerprint density at radius 1 is 1.26 bits per heavy atom. The summed E-state index contributed by atoms with van der Waals surface area (Å²) in [5.41, 5.74) is 7.57. The molecular formula is C20H30N6S. The number of thiazole rings is 1. The van der Waals surface area contributed by atoms with E-state index in [9.17, 15) is 0 Å². The molecule has 27 heavy (non-hydrogen) atoms. The lowest BCUT2D eigenvalue weighted by Crippen LogP contribution is -2.51. The van der Waals surface area contributed by atoms with Crippen LogP contribution in [0.1, 0.15) is 18.9 Å². The summed E-state index contributed by atoms with van der Waals surface area (Å²) >= 11 is 1.69. The molecule has 3 rings (SSSR count). The van der Waals surface area contributed by atoms with Crippen molar-refractivity contribution in [3.63, 3.8) is 0 Å². The van der Waals surface area contributed by atoms with Crippen molar-refractivity contribution >= 4 is 22.4 Å². The number of aliphatic imine (C=N–C) groups is 1. The first-order valence-electron chi connectivity index (χ1n) is 9.57. The summed E-state index contributed by atoms with van der Waals surface area (Å²) in [4.78, 5) is 15.9. The Bertz CT molecular complexity index is 695. The first-order chi connectivity index (χ1) is 13.1. The molecule has 1 aliphatic heterocycles. The largest absolute Gasteiger partial charge is 0.370 e. The van der Waals surface area contributed by atoms with E-state index in [1.165, 1.54) is 5.56 Å². The number of hydrogen-bond acceptors (Lipinski definition) is 5. The Morgan fingerprint density at radius 2 is 2.00 bits per heavy atom. The van der Waals surface area contributed by atoms with Gasteiger partial charge in [0.2, 0.25) is 0 Å². The van der Waals surface area contributed by atoms with Crippen LogP contribution in [0.3, 0.4) is 0 Å². The predicted molar refractivity (Wildman–Crippen MR) is 114 cm³/mol. The molecule has 0 saturated carbocycles. The molecule has 0 radical (unpaired) electrons. The molecule has 1 atom stereocenters. The normalized spacial score (nSPS) is 16.8. The summed E-state index contributed by atoms with van der Waals surface area (Å²) in [5, 5.41) is 3.12. The summed E-state index contributed by atoms with van der Waals surface area (Å²) in [6, 6.07) is 11.0. The standard InChI is InChI=1S/C20H30N6S/c1-17(24(2)16-18-6-4-3-5-7-18)8-9-22-19(21)25-11-13-26(14-12-25)20-23-10-15-27-20/h3-7,10,15,17H,8-9,11-14,16H2,1-2H3,(H2,21,22). The summed E-state index contributed by atoms with van der Waals surface area (Å²) in [7, 11) is 2.17. The van der Waals surface area contributed by atoms with Gasteiger partial charge in [-0.25, -0.2) is 4.98 Å². The zero-order chi connectivity index (χ0) is 19.1. The van der Waals surface area contributed by atoms with Gasteiger partial charge in [-0.3, -0.25) is 9.89 Å². The van der Waals surface area contributed by atoms with Gasteiger partial charge < -0.3 is 15.5 Å². The molecule has 2 N–H and O–H groups in total. The molecule has 1 aliphatic rings. The average molecular weight is 387 g/mol.